The van der Waals surface area contributed by atoms with Gasteiger partial charge in [-0.3, -0.25) is 4.79 Å². The summed E-state index contributed by atoms with van der Waals surface area (Å²) >= 11 is 13.3. The van der Waals surface area contributed by atoms with E-state index in [0.717, 1.165) is 16.0 Å². The number of thioether (sulfide) groups is 1. The maximum atomic E-state index is 12.5. The van der Waals surface area contributed by atoms with E-state index in [2.05, 4.69) is 15.5 Å². The Kier molecular flexibility index (Phi) is 6.10. The third-order valence-corrected chi connectivity index (χ3v) is 5.15. The molecule has 3 aromatic rings. The molecule has 0 radical (unpaired) electrons. The van der Waals surface area contributed by atoms with Crippen molar-refractivity contribution in [2.24, 2.45) is 0 Å². The zero-order valence-electron chi connectivity index (χ0n) is 14.1. The predicted molar refractivity (Wildman–Crippen MR) is 109 cm³/mol. The van der Waals surface area contributed by atoms with Gasteiger partial charge in [0.25, 0.3) is 0 Å². The Morgan fingerprint density at radius 3 is 2.63 bits per heavy atom. The largest absolute Gasteiger partial charge is 0.497 e. The lowest BCUT2D eigenvalue weighted by Crippen LogP contribution is -2.32. The first-order valence-electron chi connectivity index (χ1n) is 7.70. The maximum Gasteiger partial charge on any atom is 0.315 e. The van der Waals surface area contributed by atoms with E-state index in [1.54, 1.807) is 25.3 Å². The Hall–Kier alpha value is -2.42. The highest BCUT2D eigenvalue weighted by Gasteiger charge is 2.13. The lowest BCUT2D eigenvalue weighted by molar-refractivity contribution is 0.414. The van der Waals surface area contributed by atoms with Crippen molar-refractivity contribution in [2.75, 3.05) is 18.3 Å². The van der Waals surface area contributed by atoms with Crippen LogP contribution >= 0.6 is 35.0 Å². The summed E-state index contributed by atoms with van der Waals surface area (Å²) in [5, 5.41) is 11.9. The van der Waals surface area contributed by atoms with E-state index in [-0.39, 0.29) is 5.82 Å². The molecule has 3 rings (SSSR count). The van der Waals surface area contributed by atoms with Crippen LogP contribution in [0.15, 0.2) is 52.4 Å². The van der Waals surface area contributed by atoms with Crippen molar-refractivity contribution in [2.45, 2.75) is 10.9 Å². The first-order chi connectivity index (χ1) is 13.0. The number of halogens is 2. The van der Waals surface area contributed by atoms with E-state index in [4.69, 9.17) is 33.8 Å². The lowest BCUT2D eigenvalue weighted by atomic mass is 10.2. The average Bonchev–Trinajstić information content (AvgIpc) is 2.68. The molecule has 0 bridgehead atoms. The summed E-state index contributed by atoms with van der Waals surface area (Å²) in [5.74, 6) is 7.17. The molecular formula is C17H15Cl2N5O2S. The van der Waals surface area contributed by atoms with Crippen LogP contribution in [0.25, 0.3) is 0 Å². The number of hydrogen-bond donors (Lipinski definition) is 2. The van der Waals surface area contributed by atoms with Crippen molar-refractivity contribution in [1.29, 1.82) is 0 Å². The van der Waals surface area contributed by atoms with Crippen molar-refractivity contribution in [3.8, 4) is 5.75 Å². The fraction of sp³-hybridized carbons (Fsp3) is 0.118. The third-order valence-electron chi connectivity index (χ3n) is 3.57. The maximum absolute atomic E-state index is 12.5. The molecule has 3 N–H and O–H groups in total. The minimum atomic E-state index is -0.529. The molecule has 0 saturated carbocycles. The number of hydrogen-bond acceptors (Lipinski definition) is 7. The average molecular weight is 424 g/mol. The first kappa shape index (κ1) is 19.3. The van der Waals surface area contributed by atoms with Crippen LogP contribution in [-0.2, 0) is 5.75 Å². The van der Waals surface area contributed by atoms with Crippen LogP contribution in [0.1, 0.15) is 5.56 Å². The van der Waals surface area contributed by atoms with Gasteiger partial charge in [-0.15, -0.1) is 10.2 Å². The van der Waals surface area contributed by atoms with Crippen LogP contribution in [0.3, 0.4) is 0 Å². The highest BCUT2D eigenvalue weighted by atomic mass is 35.5. The molecule has 7 nitrogen and oxygen atoms in total. The van der Waals surface area contributed by atoms with Gasteiger partial charge in [0.1, 0.15) is 5.75 Å². The molecule has 2 aromatic carbocycles. The zero-order valence-corrected chi connectivity index (χ0v) is 16.5. The summed E-state index contributed by atoms with van der Waals surface area (Å²) in [4.78, 5) is 12.5. The number of nitrogens with one attached hydrogen (secondary N) is 1. The highest BCUT2D eigenvalue weighted by Crippen LogP contribution is 2.27. The van der Waals surface area contributed by atoms with Gasteiger partial charge in [0.2, 0.25) is 11.0 Å². The summed E-state index contributed by atoms with van der Waals surface area (Å²) in [7, 11) is 1.61. The molecule has 0 atom stereocenters. The van der Waals surface area contributed by atoms with Crippen LogP contribution in [-0.4, -0.2) is 22.0 Å². The van der Waals surface area contributed by atoms with Crippen LogP contribution in [0.2, 0.25) is 10.0 Å². The normalized spacial score (nSPS) is 10.6. The molecule has 1 aromatic heterocycles. The Morgan fingerprint density at radius 1 is 1.19 bits per heavy atom. The van der Waals surface area contributed by atoms with Gasteiger partial charge in [0.15, 0.2) is 0 Å². The second kappa shape index (κ2) is 8.51. The van der Waals surface area contributed by atoms with Gasteiger partial charge in [-0.1, -0.05) is 47.1 Å². The van der Waals surface area contributed by atoms with Crippen molar-refractivity contribution in [3.05, 3.63) is 68.4 Å². The number of nitrogens with zero attached hydrogens (tertiary/aromatic N) is 3. The number of ether oxygens (including phenoxy) is 1. The number of nitrogen functional groups attached to an aromatic ring is 1. The van der Waals surface area contributed by atoms with Crippen molar-refractivity contribution < 1.29 is 4.74 Å². The third kappa shape index (κ3) is 4.65. The molecule has 0 saturated heterocycles. The van der Waals surface area contributed by atoms with Crippen molar-refractivity contribution >= 4 is 46.5 Å². The monoisotopic (exact) mass is 423 g/mol. The molecule has 10 heteroatoms. The van der Waals surface area contributed by atoms with E-state index in [1.807, 2.05) is 24.3 Å². The molecule has 0 fully saturated rings. The number of anilines is 2. The first-order valence-corrected chi connectivity index (χ1v) is 9.44. The predicted octanol–water partition coefficient (Wildman–Crippen LogP) is 3.70. The summed E-state index contributed by atoms with van der Waals surface area (Å²) in [5.41, 5.74) is 0.940. The smallest absolute Gasteiger partial charge is 0.315 e. The summed E-state index contributed by atoms with van der Waals surface area (Å²) in [6.45, 7) is 0. The SMILES string of the molecule is COc1ccc(CSc2nnc(Nc3cc(Cl)ccc3Cl)c(=O)n2N)cc1. The fourth-order valence-corrected chi connectivity index (χ4v) is 3.30. The van der Waals surface area contributed by atoms with E-state index < -0.39 is 5.56 Å². The topological polar surface area (TPSA) is 95.1 Å². The van der Waals surface area contributed by atoms with Crippen LogP contribution in [0.5, 0.6) is 5.75 Å². The Balaban J connectivity index is 1.76. The summed E-state index contributed by atoms with van der Waals surface area (Å²) in [6.07, 6.45) is 0. The summed E-state index contributed by atoms with van der Waals surface area (Å²) in [6, 6.07) is 12.4. The van der Waals surface area contributed by atoms with E-state index in [9.17, 15) is 4.79 Å². The molecule has 0 aliphatic carbocycles. The van der Waals surface area contributed by atoms with Crippen molar-refractivity contribution in [1.82, 2.24) is 14.9 Å². The molecule has 140 valence electrons. The van der Waals surface area contributed by atoms with E-state index in [1.165, 1.54) is 11.8 Å². The van der Waals surface area contributed by atoms with Gasteiger partial charge in [-0.2, -0.15) is 4.68 Å². The number of methoxy groups -OCH3 is 1. The quantitative estimate of drug-likeness (QED) is 0.460. The van der Waals surface area contributed by atoms with Gasteiger partial charge in [0, 0.05) is 10.8 Å². The fourth-order valence-electron chi connectivity index (χ4n) is 2.15. The number of nitrogens with two attached hydrogens (primary N) is 1. The Bertz CT molecular complexity index is 1010. The standard InChI is InChI=1S/C17H15Cl2N5O2S/c1-26-12-5-2-10(3-6-12)9-27-17-23-22-15(16(25)24(17)20)21-14-8-11(18)4-7-13(14)19/h2-8H,9,20H2,1H3,(H,21,22). The van der Waals surface area contributed by atoms with Gasteiger partial charge in [-0.05, 0) is 35.9 Å². The minimum absolute atomic E-state index is 0.0459. The molecular weight excluding hydrogens is 409 g/mol. The molecule has 1 heterocycles. The number of benzene rings is 2. The van der Waals surface area contributed by atoms with Gasteiger partial charge in [0.05, 0.1) is 17.8 Å². The summed E-state index contributed by atoms with van der Waals surface area (Å²) < 4.78 is 6.07. The Labute approximate surface area is 169 Å². The number of aromatic nitrogens is 3. The van der Waals surface area contributed by atoms with Gasteiger partial charge < -0.3 is 15.9 Å². The minimum Gasteiger partial charge on any atom is -0.497 e. The molecule has 0 aliphatic heterocycles. The van der Waals surface area contributed by atoms with Crippen LogP contribution < -0.4 is 21.5 Å². The van der Waals surface area contributed by atoms with Gasteiger partial charge in [-0.25, -0.2) is 0 Å². The number of rotatable bonds is 6. The molecule has 0 amide bonds. The Morgan fingerprint density at radius 2 is 1.93 bits per heavy atom. The second-order valence-corrected chi connectivity index (χ2v) is 7.18. The highest BCUT2D eigenvalue weighted by molar-refractivity contribution is 7.98. The molecule has 0 unspecified atom stereocenters. The van der Waals surface area contributed by atoms with Crippen LogP contribution in [0.4, 0.5) is 11.5 Å². The lowest BCUT2D eigenvalue weighted by Gasteiger charge is -2.10. The van der Waals surface area contributed by atoms with Crippen molar-refractivity contribution in [3.63, 3.8) is 0 Å². The second-order valence-electron chi connectivity index (χ2n) is 5.39. The molecule has 27 heavy (non-hydrogen) atoms. The molecule has 0 spiro atoms. The molecule has 0 aliphatic rings. The zero-order chi connectivity index (χ0) is 19.4. The van der Waals surface area contributed by atoms with E-state index >= 15 is 0 Å². The van der Waals surface area contributed by atoms with Gasteiger partial charge >= 0.3 is 5.56 Å². The van der Waals surface area contributed by atoms with Crippen LogP contribution in [0, 0.1) is 0 Å². The van der Waals surface area contributed by atoms with E-state index in [0.29, 0.717) is 26.6 Å².